The minimum absolute atomic E-state index is 0.234. The summed E-state index contributed by atoms with van der Waals surface area (Å²) in [6, 6.07) is 13.5. The molecule has 0 bridgehead atoms. The highest BCUT2D eigenvalue weighted by Gasteiger charge is 2.39. The Morgan fingerprint density at radius 1 is 0.969 bits per heavy atom. The van der Waals surface area contributed by atoms with E-state index in [1.54, 1.807) is 0 Å². The topological polar surface area (TPSA) is 78.5 Å². The van der Waals surface area contributed by atoms with Gasteiger partial charge in [-0.05, 0) is 67.2 Å². The third kappa shape index (κ3) is 6.81. The second kappa shape index (κ2) is 10.4. The first-order valence-corrected chi connectivity index (χ1v) is 11.2. The van der Waals surface area contributed by atoms with Crippen molar-refractivity contribution in [3.05, 3.63) is 59.7 Å². The van der Waals surface area contributed by atoms with Crippen LogP contribution in [0.25, 0.3) is 11.1 Å². The molecule has 0 aromatic heterocycles. The van der Waals surface area contributed by atoms with Gasteiger partial charge in [0, 0.05) is 18.1 Å². The molecule has 2 aromatic carbocycles. The van der Waals surface area contributed by atoms with Gasteiger partial charge in [0.1, 0.15) is 0 Å². The summed E-state index contributed by atoms with van der Waals surface area (Å²) in [6.45, 7) is 2.82. The maximum atomic E-state index is 12.7. The zero-order valence-electron chi connectivity index (χ0n) is 18.4. The van der Waals surface area contributed by atoms with Gasteiger partial charge in [-0.3, -0.25) is 0 Å². The largest absolute Gasteiger partial charge is 0.451 e. The summed E-state index contributed by atoms with van der Waals surface area (Å²) in [5, 5.41) is 21.4. The predicted octanol–water partition coefficient (Wildman–Crippen LogP) is 4.60. The van der Waals surface area contributed by atoms with Crippen molar-refractivity contribution in [3.63, 3.8) is 0 Å². The molecule has 0 spiro atoms. The number of hydrogen-bond donors (Lipinski definition) is 4. The standard InChI is InChI=1S/C24H32BF3N2O2/c1-23(29,12-2-3-13-25(31)32)21-14-22(15-21)30-16-17-4-6-18(7-5-17)19-8-10-20(11-9-19)24(26,27)28/h4-11,21-22,30-32H,2-3,12-16,29H2,1H3. The van der Waals surface area contributed by atoms with Crippen LogP contribution in [0.2, 0.25) is 6.32 Å². The zero-order chi connectivity index (χ0) is 23.4. The predicted molar refractivity (Wildman–Crippen MR) is 122 cm³/mol. The van der Waals surface area contributed by atoms with Crippen LogP contribution in [0.15, 0.2) is 48.5 Å². The van der Waals surface area contributed by atoms with Crippen molar-refractivity contribution < 1.29 is 23.2 Å². The van der Waals surface area contributed by atoms with Gasteiger partial charge in [0.05, 0.1) is 5.56 Å². The van der Waals surface area contributed by atoms with E-state index in [0.717, 1.165) is 67.5 Å². The fourth-order valence-corrected chi connectivity index (χ4v) is 4.29. The SMILES string of the molecule is CC(N)(CCCCB(O)O)C1CC(NCc2ccc(-c3ccc(C(F)(F)F)cc3)cc2)C1. The third-order valence-electron chi connectivity index (χ3n) is 6.59. The van der Waals surface area contributed by atoms with E-state index in [9.17, 15) is 13.2 Å². The lowest BCUT2D eigenvalue weighted by Crippen LogP contribution is -2.54. The number of halogens is 3. The summed E-state index contributed by atoms with van der Waals surface area (Å²) in [5.41, 5.74) is 8.40. The smallest absolute Gasteiger partial charge is 0.427 e. The summed E-state index contributed by atoms with van der Waals surface area (Å²) in [6.07, 6.45) is 0.662. The maximum Gasteiger partial charge on any atom is 0.451 e. The molecule has 0 radical (unpaired) electrons. The summed E-state index contributed by atoms with van der Waals surface area (Å²) < 4.78 is 38.1. The van der Waals surface area contributed by atoms with Gasteiger partial charge in [0.25, 0.3) is 0 Å². The van der Waals surface area contributed by atoms with Crippen LogP contribution in [-0.4, -0.2) is 28.7 Å². The molecule has 1 saturated carbocycles. The van der Waals surface area contributed by atoms with Gasteiger partial charge in [-0.2, -0.15) is 13.2 Å². The average Bonchev–Trinajstić information content (AvgIpc) is 2.70. The molecule has 1 atom stereocenters. The van der Waals surface area contributed by atoms with Gasteiger partial charge in [-0.15, -0.1) is 0 Å². The number of nitrogens with one attached hydrogen (secondary N) is 1. The Bertz CT molecular complexity index is 849. The first-order valence-electron chi connectivity index (χ1n) is 11.2. The van der Waals surface area contributed by atoms with Crippen LogP contribution in [-0.2, 0) is 12.7 Å². The van der Waals surface area contributed by atoms with E-state index >= 15 is 0 Å². The minimum Gasteiger partial charge on any atom is -0.427 e. The van der Waals surface area contributed by atoms with Crippen molar-refractivity contribution in [1.29, 1.82) is 0 Å². The molecule has 1 aliphatic carbocycles. The van der Waals surface area contributed by atoms with E-state index in [0.29, 0.717) is 18.3 Å². The summed E-state index contributed by atoms with van der Waals surface area (Å²) in [4.78, 5) is 0. The van der Waals surface area contributed by atoms with Crippen molar-refractivity contribution in [2.75, 3.05) is 0 Å². The molecule has 1 unspecified atom stereocenters. The second-order valence-corrected chi connectivity index (χ2v) is 9.25. The molecule has 0 aliphatic heterocycles. The van der Waals surface area contributed by atoms with Gasteiger partial charge in [0.15, 0.2) is 0 Å². The van der Waals surface area contributed by atoms with Gasteiger partial charge in [-0.25, -0.2) is 0 Å². The number of rotatable bonds is 10. The van der Waals surface area contributed by atoms with Crippen molar-refractivity contribution in [1.82, 2.24) is 5.32 Å². The molecule has 2 aromatic rings. The lowest BCUT2D eigenvalue weighted by atomic mass is 9.67. The fourth-order valence-electron chi connectivity index (χ4n) is 4.29. The number of hydrogen-bond acceptors (Lipinski definition) is 4. The molecule has 32 heavy (non-hydrogen) atoms. The molecule has 5 N–H and O–H groups in total. The van der Waals surface area contributed by atoms with E-state index in [4.69, 9.17) is 15.8 Å². The molecular formula is C24H32BF3N2O2. The zero-order valence-corrected chi connectivity index (χ0v) is 18.4. The Morgan fingerprint density at radius 2 is 1.53 bits per heavy atom. The van der Waals surface area contributed by atoms with E-state index in [-0.39, 0.29) is 5.54 Å². The second-order valence-electron chi connectivity index (χ2n) is 9.25. The van der Waals surface area contributed by atoms with Crippen LogP contribution in [0, 0.1) is 5.92 Å². The summed E-state index contributed by atoms with van der Waals surface area (Å²) in [7, 11) is -1.24. The maximum absolute atomic E-state index is 12.7. The van der Waals surface area contributed by atoms with Crippen LogP contribution in [0.4, 0.5) is 13.2 Å². The Morgan fingerprint density at radius 3 is 2.06 bits per heavy atom. The van der Waals surface area contributed by atoms with E-state index in [1.807, 2.05) is 24.3 Å². The molecule has 0 heterocycles. The molecule has 1 aliphatic rings. The Labute approximate surface area is 188 Å². The van der Waals surface area contributed by atoms with Crippen molar-refractivity contribution in [3.8, 4) is 11.1 Å². The van der Waals surface area contributed by atoms with E-state index in [1.165, 1.54) is 12.1 Å². The highest BCUT2D eigenvalue weighted by Crippen LogP contribution is 2.38. The van der Waals surface area contributed by atoms with Gasteiger partial charge in [-0.1, -0.05) is 49.2 Å². The van der Waals surface area contributed by atoms with Gasteiger partial charge in [0.2, 0.25) is 0 Å². The van der Waals surface area contributed by atoms with Crippen molar-refractivity contribution >= 4 is 7.12 Å². The third-order valence-corrected chi connectivity index (χ3v) is 6.59. The van der Waals surface area contributed by atoms with Crippen LogP contribution < -0.4 is 11.1 Å². The van der Waals surface area contributed by atoms with Crippen LogP contribution in [0.5, 0.6) is 0 Å². The van der Waals surface area contributed by atoms with E-state index < -0.39 is 18.9 Å². The summed E-state index contributed by atoms with van der Waals surface area (Å²) >= 11 is 0. The lowest BCUT2D eigenvalue weighted by molar-refractivity contribution is -0.137. The monoisotopic (exact) mass is 448 g/mol. The number of unbranched alkanes of at least 4 members (excludes halogenated alkanes) is 1. The van der Waals surface area contributed by atoms with Crippen LogP contribution in [0.3, 0.4) is 0 Å². The van der Waals surface area contributed by atoms with Gasteiger partial charge < -0.3 is 21.1 Å². The Kier molecular flexibility index (Phi) is 8.04. The number of alkyl halides is 3. The van der Waals surface area contributed by atoms with Crippen molar-refractivity contribution in [2.45, 2.75) is 69.6 Å². The molecule has 4 nitrogen and oxygen atoms in total. The minimum atomic E-state index is -4.32. The quantitative estimate of drug-likeness (QED) is 0.317. The molecular weight excluding hydrogens is 416 g/mol. The highest BCUT2D eigenvalue weighted by molar-refractivity contribution is 6.40. The normalized spacial score (nSPS) is 20.5. The van der Waals surface area contributed by atoms with E-state index in [2.05, 4.69) is 12.2 Å². The van der Waals surface area contributed by atoms with Crippen LogP contribution in [0.1, 0.15) is 50.2 Å². The van der Waals surface area contributed by atoms with Gasteiger partial charge >= 0.3 is 13.3 Å². The molecule has 0 saturated heterocycles. The molecule has 8 heteroatoms. The Hall–Kier alpha value is -1.87. The van der Waals surface area contributed by atoms with Crippen LogP contribution >= 0.6 is 0 Å². The lowest BCUT2D eigenvalue weighted by Gasteiger charge is -2.46. The molecule has 1 fully saturated rings. The average molecular weight is 448 g/mol. The molecule has 174 valence electrons. The first-order chi connectivity index (χ1) is 15.0. The Balaban J connectivity index is 1.42. The fraction of sp³-hybridized carbons (Fsp3) is 0.500. The molecule has 0 amide bonds. The number of benzene rings is 2. The highest BCUT2D eigenvalue weighted by atomic mass is 19.4. The summed E-state index contributed by atoms with van der Waals surface area (Å²) in [5.74, 6) is 0.459. The number of nitrogens with two attached hydrogens (primary N) is 1. The molecule has 3 rings (SSSR count). The first kappa shape index (κ1) is 24.8. The van der Waals surface area contributed by atoms with Crippen molar-refractivity contribution in [2.24, 2.45) is 11.7 Å².